The van der Waals surface area contributed by atoms with Gasteiger partial charge in [0.1, 0.15) is 11.6 Å². The first-order chi connectivity index (χ1) is 15.7. The number of carbonyl (C=O) groups excluding carboxylic acids is 2. The molecule has 0 aliphatic carbocycles. The number of halogens is 2. The predicted octanol–water partition coefficient (Wildman–Crippen LogP) is 4.52. The fourth-order valence-electron chi connectivity index (χ4n) is 3.35. The Morgan fingerprint density at radius 3 is 2.30 bits per heavy atom. The van der Waals surface area contributed by atoms with Crippen LogP contribution < -0.4 is 10.3 Å². The molecule has 0 bridgehead atoms. The Morgan fingerprint density at radius 1 is 1.00 bits per heavy atom. The molecular weight excluding hydrogens is 447 g/mol. The van der Waals surface area contributed by atoms with Crippen molar-refractivity contribution >= 4 is 23.4 Å². The van der Waals surface area contributed by atoms with E-state index in [1.165, 1.54) is 35.4 Å². The Morgan fingerprint density at radius 2 is 1.67 bits per heavy atom. The van der Waals surface area contributed by atoms with Crippen LogP contribution in [0.2, 0.25) is 5.02 Å². The number of amides is 2. The van der Waals surface area contributed by atoms with Crippen LogP contribution in [0.1, 0.15) is 25.8 Å². The highest BCUT2D eigenvalue weighted by Crippen LogP contribution is 2.22. The summed E-state index contributed by atoms with van der Waals surface area (Å²) < 4.78 is 21.3. The van der Waals surface area contributed by atoms with E-state index in [4.69, 9.17) is 16.3 Å². The molecule has 0 aliphatic rings. The Labute approximate surface area is 196 Å². The van der Waals surface area contributed by atoms with Crippen molar-refractivity contribution in [2.45, 2.75) is 26.8 Å². The maximum Gasteiger partial charge on any atom is 0.250 e. The fraction of sp³-hybridized carbons (Fsp3) is 0.240. The Balaban J connectivity index is 1.64. The van der Waals surface area contributed by atoms with Crippen LogP contribution in [0.5, 0.6) is 5.75 Å². The first kappa shape index (κ1) is 24.2. The summed E-state index contributed by atoms with van der Waals surface area (Å²) in [7, 11) is 0. The number of carbonyl (C=O) groups is 2. The molecule has 33 heavy (non-hydrogen) atoms. The van der Waals surface area contributed by atoms with Gasteiger partial charge in [-0.15, -0.1) is 0 Å². The monoisotopic (exact) mass is 470 g/mol. The fourth-order valence-corrected chi connectivity index (χ4v) is 3.51. The topological polar surface area (TPSA) is 68.6 Å². The second kappa shape index (κ2) is 10.9. The summed E-state index contributed by atoms with van der Waals surface area (Å²) in [6, 6.07) is 14.9. The molecular formula is C25H24ClFN2O4. The number of hydrogen-bond acceptors (Lipinski definition) is 4. The van der Waals surface area contributed by atoms with E-state index in [2.05, 4.69) is 0 Å². The van der Waals surface area contributed by atoms with Crippen molar-refractivity contribution in [3.05, 3.63) is 87.6 Å². The second-order valence-electron chi connectivity index (χ2n) is 7.54. The van der Waals surface area contributed by atoms with Crippen LogP contribution in [0.3, 0.4) is 0 Å². The summed E-state index contributed by atoms with van der Waals surface area (Å²) in [5.74, 6) is -0.387. The van der Waals surface area contributed by atoms with Crippen molar-refractivity contribution in [1.82, 2.24) is 9.47 Å². The van der Waals surface area contributed by atoms with Crippen molar-refractivity contribution in [2.24, 2.45) is 0 Å². The summed E-state index contributed by atoms with van der Waals surface area (Å²) >= 11 is 5.80. The van der Waals surface area contributed by atoms with E-state index < -0.39 is 5.82 Å². The van der Waals surface area contributed by atoms with Crippen LogP contribution in [0.25, 0.3) is 11.1 Å². The number of hydrogen-bond donors (Lipinski definition) is 0. The van der Waals surface area contributed by atoms with Crippen LogP contribution in [0, 0.1) is 5.82 Å². The molecule has 0 fully saturated rings. The van der Waals surface area contributed by atoms with Gasteiger partial charge in [-0.2, -0.15) is 0 Å². The highest BCUT2D eigenvalue weighted by molar-refractivity contribution is 6.30. The molecule has 0 N–H and O–H groups in total. The normalized spacial score (nSPS) is 10.7. The van der Waals surface area contributed by atoms with Crippen molar-refractivity contribution in [2.75, 3.05) is 13.2 Å². The number of pyridine rings is 1. The standard InChI is InChI=1S/C25H24ClFN2O4/c1-17(30)29(18(2)31)12-3-13-33-23-9-5-19(6-10-23)20-7-11-25(32)28(15-20)16-21-4-8-22(26)14-24(21)27/h4-11,14-15H,3,12-13,16H2,1-2H3. The van der Waals surface area contributed by atoms with E-state index in [0.717, 1.165) is 11.1 Å². The highest BCUT2D eigenvalue weighted by atomic mass is 35.5. The van der Waals surface area contributed by atoms with Gasteiger partial charge in [0, 0.05) is 43.2 Å². The maximum absolute atomic E-state index is 14.1. The van der Waals surface area contributed by atoms with Gasteiger partial charge >= 0.3 is 0 Å². The molecule has 0 unspecified atom stereocenters. The van der Waals surface area contributed by atoms with Gasteiger partial charge in [0.05, 0.1) is 13.2 Å². The number of imide groups is 1. The summed E-state index contributed by atoms with van der Waals surface area (Å²) in [6.07, 6.45) is 2.21. The lowest BCUT2D eigenvalue weighted by Crippen LogP contribution is -2.34. The molecule has 1 heterocycles. The van der Waals surface area contributed by atoms with Gasteiger partial charge in [-0.1, -0.05) is 29.8 Å². The Hall–Kier alpha value is -3.45. The van der Waals surface area contributed by atoms with Crippen molar-refractivity contribution in [1.29, 1.82) is 0 Å². The molecule has 6 nitrogen and oxygen atoms in total. The van der Waals surface area contributed by atoms with Crippen LogP contribution >= 0.6 is 11.6 Å². The minimum absolute atomic E-state index is 0.0917. The molecule has 3 rings (SSSR count). The summed E-state index contributed by atoms with van der Waals surface area (Å²) in [6.45, 7) is 3.47. The predicted molar refractivity (Wildman–Crippen MR) is 125 cm³/mol. The lowest BCUT2D eigenvalue weighted by atomic mass is 10.1. The lowest BCUT2D eigenvalue weighted by Gasteiger charge is -2.17. The van der Waals surface area contributed by atoms with Crippen molar-refractivity contribution in [3.63, 3.8) is 0 Å². The van der Waals surface area contributed by atoms with E-state index in [1.807, 2.05) is 12.1 Å². The molecule has 0 saturated heterocycles. The first-order valence-corrected chi connectivity index (χ1v) is 10.8. The summed E-state index contributed by atoms with van der Waals surface area (Å²) in [5, 5.41) is 0.301. The van der Waals surface area contributed by atoms with Gasteiger partial charge in [-0.05, 0) is 47.9 Å². The van der Waals surface area contributed by atoms with Gasteiger partial charge in [-0.25, -0.2) is 4.39 Å². The maximum atomic E-state index is 14.1. The molecule has 0 radical (unpaired) electrons. The highest BCUT2D eigenvalue weighted by Gasteiger charge is 2.12. The Kier molecular flexibility index (Phi) is 8.01. The lowest BCUT2D eigenvalue weighted by molar-refractivity contribution is -0.142. The molecule has 172 valence electrons. The molecule has 1 aromatic heterocycles. The summed E-state index contributed by atoms with van der Waals surface area (Å²) in [4.78, 5) is 36.3. The molecule has 2 amide bonds. The van der Waals surface area contributed by atoms with Crippen LogP contribution in [-0.4, -0.2) is 34.4 Å². The first-order valence-electron chi connectivity index (χ1n) is 10.4. The molecule has 2 aromatic carbocycles. The van der Waals surface area contributed by atoms with Crippen molar-refractivity contribution in [3.8, 4) is 16.9 Å². The Bertz CT molecular complexity index is 1190. The van der Waals surface area contributed by atoms with E-state index >= 15 is 0 Å². The van der Waals surface area contributed by atoms with Gasteiger partial charge < -0.3 is 9.30 Å². The molecule has 8 heteroatoms. The SMILES string of the molecule is CC(=O)N(CCCOc1ccc(-c2ccc(=O)n(Cc3ccc(Cl)cc3F)c2)cc1)C(C)=O. The van der Waals surface area contributed by atoms with Crippen LogP contribution in [0.4, 0.5) is 4.39 Å². The van der Waals surface area contributed by atoms with Gasteiger partial charge in [0.2, 0.25) is 11.8 Å². The molecule has 0 saturated carbocycles. The summed E-state index contributed by atoms with van der Waals surface area (Å²) in [5.41, 5.74) is 1.80. The van der Waals surface area contributed by atoms with E-state index in [1.54, 1.807) is 36.5 Å². The average Bonchev–Trinajstić information content (AvgIpc) is 2.77. The zero-order chi connectivity index (χ0) is 24.0. The minimum Gasteiger partial charge on any atom is -0.494 e. The molecule has 0 atom stereocenters. The van der Waals surface area contributed by atoms with E-state index in [0.29, 0.717) is 35.9 Å². The number of ether oxygens (including phenoxy) is 1. The zero-order valence-electron chi connectivity index (χ0n) is 18.4. The van der Waals surface area contributed by atoms with E-state index in [9.17, 15) is 18.8 Å². The smallest absolute Gasteiger partial charge is 0.250 e. The van der Waals surface area contributed by atoms with Crippen LogP contribution in [0.15, 0.2) is 65.6 Å². The number of benzene rings is 2. The minimum atomic E-state index is -0.462. The number of nitrogens with zero attached hydrogens (tertiary/aromatic N) is 2. The van der Waals surface area contributed by atoms with E-state index in [-0.39, 0.29) is 23.9 Å². The quantitative estimate of drug-likeness (QED) is 0.454. The van der Waals surface area contributed by atoms with Gasteiger partial charge in [0.25, 0.3) is 5.56 Å². The van der Waals surface area contributed by atoms with Crippen molar-refractivity contribution < 1.29 is 18.7 Å². The molecule has 0 aliphatic heterocycles. The largest absolute Gasteiger partial charge is 0.494 e. The third-order valence-electron chi connectivity index (χ3n) is 5.08. The number of aromatic nitrogens is 1. The second-order valence-corrected chi connectivity index (χ2v) is 7.97. The molecule has 0 spiro atoms. The number of rotatable bonds is 8. The third kappa shape index (κ3) is 6.52. The van der Waals surface area contributed by atoms with Gasteiger partial charge in [0.15, 0.2) is 0 Å². The van der Waals surface area contributed by atoms with Crippen LogP contribution in [-0.2, 0) is 16.1 Å². The zero-order valence-corrected chi connectivity index (χ0v) is 19.1. The van der Waals surface area contributed by atoms with Gasteiger partial charge in [-0.3, -0.25) is 19.3 Å². The molecule has 3 aromatic rings. The third-order valence-corrected chi connectivity index (χ3v) is 5.32. The average molecular weight is 471 g/mol.